The van der Waals surface area contributed by atoms with Gasteiger partial charge in [-0.25, -0.2) is 13.6 Å². The highest BCUT2D eigenvalue weighted by Gasteiger charge is 2.39. The quantitative estimate of drug-likeness (QED) is 0.389. The van der Waals surface area contributed by atoms with Crippen molar-refractivity contribution in [2.24, 2.45) is 5.92 Å². The van der Waals surface area contributed by atoms with Crippen molar-refractivity contribution in [1.29, 1.82) is 0 Å². The number of carbonyl (C=O) groups is 1. The van der Waals surface area contributed by atoms with Gasteiger partial charge in [-0.05, 0) is 54.7 Å². The molecule has 0 fully saturated rings. The molecule has 2 aromatic carbocycles. The Morgan fingerprint density at radius 1 is 1.27 bits per heavy atom. The van der Waals surface area contributed by atoms with Gasteiger partial charge in [0.25, 0.3) is 0 Å². The summed E-state index contributed by atoms with van der Waals surface area (Å²) in [6.45, 7) is 3.64. The normalized spacial score (nSPS) is 19.7. The molecule has 0 radical (unpaired) electrons. The number of H-pyrrole nitrogens is 1. The predicted octanol–water partition coefficient (Wildman–Crippen LogP) is 5.57. The minimum absolute atomic E-state index is 0.0478. The number of carbonyl (C=O) groups excluding carboxylic acids is 1. The molecule has 2 heterocycles. The highest BCUT2D eigenvalue weighted by molar-refractivity contribution is 5.87. The number of nitrogens with zero attached hydrogens (tertiary/aromatic N) is 1. The van der Waals surface area contributed by atoms with E-state index in [1.807, 2.05) is 36.1 Å². The molecule has 0 amide bonds. The van der Waals surface area contributed by atoms with Crippen molar-refractivity contribution in [3.8, 4) is 0 Å². The zero-order valence-corrected chi connectivity index (χ0v) is 18.9. The van der Waals surface area contributed by atoms with Crippen molar-refractivity contribution in [3.63, 3.8) is 0 Å². The maximum Gasteiger partial charge on any atom is 0.330 e. The number of rotatable bonds is 6. The molecule has 1 aliphatic heterocycles. The number of para-hydroxylation sites is 1. The average Bonchev–Trinajstić information content (AvgIpc) is 3.16. The van der Waals surface area contributed by atoms with Crippen LogP contribution in [0.15, 0.2) is 42.5 Å². The summed E-state index contributed by atoms with van der Waals surface area (Å²) in [5.41, 5.74) is 2.79. The van der Waals surface area contributed by atoms with E-state index in [2.05, 4.69) is 9.72 Å². The first-order chi connectivity index (χ1) is 15.8. The Morgan fingerprint density at radius 3 is 2.64 bits per heavy atom. The molecule has 4 rings (SSSR count). The molecular weight excluding hydrogens is 429 g/mol. The minimum atomic E-state index is -0.733. The van der Waals surface area contributed by atoms with E-state index in [9.17, 15) is 9.18 Å². The Morgan fingerprint density at radius 2 is 1.97 bits per heavy atom. The van der Waals surface area contributed by atoms with Crippen LogP contribution in [0, 0.1) is 17.6 Å². The van der Waals surface area contributed by atoms with E-state index < -0.39 is 30.3 Å². The van der Waals surface area contributed by atoms with Crippen molar-refractivity contribution >= 4 is 22.9 Å². The highest BCUT2D eigenvalue weighted by Crippen LogP contribution is 2.42. The first kappa shape index (κ1) is 23.1. The van der Waals surface area contributed by atoms with Gasteiger partial charge in [0, 0.05) is 40.8 Å². The van der Waals surface area contributed by atoms with Crippen molar-refractivity contribution in [2.45, 2.75) is 32.4 Å². The van der Waals surface area contributed by atoms with Crippen LogP contribution < -0.4 is 0 Å². The fraction of sp³-hybridized carbons (Fsp3) is 0.346. The summed E-state index contributed by atoms with van der Waals surface area (Å²) in [6, 6.07) is 9.43. The van der Waals surface area contributed by atoms with E-state index in [0.29, 0.717) is 13.0 Å². The maximum absolute atomic E-state index is 15.5. The molecule has 1 aliphatic rings. The van der Waals surface area contributed by atoms with E-state index >= 15 is 8.78 Å². The van der Waals surface area contributed by atoms with Gasteiger partial charge in [-0.15, -0.1) is 0 Å². The Kier molecular flexibility index (Phi) is 6.61. The van der Waals surface area contributed by atoms with Crippen molar-refractivity contribution in [3.05, 3.63) is 76.5 Å². The van der Waals surface area contributed by atoms with Crippen LogP contribution in [0.3, 0.4) is 0 Å². The number of ether oxygens (including phenoxy) is 1. The van der Waals surface area contributed by atoms with Gasteiger partial charge < -0.3 is 9.72 Å². The van der Waals surface area contributed by atoms with Gasteiger partial charge in [0.2, 0.25) is 0 Å². The Labute approximate surface area is 191 Å². The standard InChI is InChI=1S/C26H27F3N2O2/c1-15(13-27)14-31-16(2)10-19-18-6-4-5-7-22(18)30-25(19)26(31)24-20(28)11-17(12-21(24)29)8-9-23(32)33-3/h4-9,11-12,15-16,26,30H,10,13-14H2,1-3H3. The lowest BCUT2D eigenvalue weighted by Crippen LogP contribution is -2.45. The number of halogens is 3. The molecule has 0 saturated heterocycles. The lowest BCUT2D eigenvalue weighted by atomic mass is 9.87. The summed E-state index contributed by atoms with van der Waals surface area (Å²) in [5, 5.41) is 1.03. The highest BCUT2D eigenvalue weighted by atomic mass is 19.1. The third kappa shape index (κ3) is 4.42. The zero-order valence-electron chi connectivity index (χ0n) is 18.9. The number of esters is 1. The largest absolute Gasteiger partial charge is 0.466 e. The average molecular weight is 457 g/mol. The first-order valence-electron chi connectivity index (χ1n) is 11.0. The van der Waals surface area contributed by atoms with Gasteiger partial charge in [0.1, 0.15) is 11.6 Å². The third-order valence-electron chi connectivity index (χ3n) is 6.29. The fourth-order valence-corrected chi connectivity index (χ4v) is 4.71. The van der Waals surface area contributed by atoms with Gasteiger partial charge in [-0.1, -0.05) is 25.1 Å². The zero-order chi connectivity index (χ0) is 23.7. The maximum atomic E-state index is 15.5. The summed E-state index contributed by atoms with van der Waals surface area (Å²) >= 11 is 0. The van der Waals surface area contributed by atoms with Crippen LogP contribution in [0.1, 0.15) is 42.3 Å². The monoisotopic (exact) mass is 456 g/mol. The molecule has 33 heavy (non-hydrogen) atoms. The Balaban J connectivity index is 1.87. The van der Waals surface area contributed by atoms with Crippen LogP contribution in [-0.4, -0.2) is 42.2 Å². The number of hydrogen-bond donors (Lipinski definition) is 1. The number of fused-ring (bicyclic) bond motifs is 3. The number of hydrogen-bond acceptors (Lipinski definition) is 3. The molecule has 0 saturated carbocycles. The second kappa shape index (κ2) is 9.43. The van der Waals surface area contributed by atoms with Crippen LogP contribution in [0.5, 0.6) is 0 Å². The molecule has 1 N–H and O–H groups in total. The van der Waals surface area contributed by atoms with Crippen molar-refractivity contribution in [1.82, 2.24) is 9.88 Å². The number of aromatic amines is 1. The van der Waals surface area contributed by atoms with Crippen molar-refractivity contribution in [2.75, 3.05) is 20.3 Å². The molecule has 0 spiro atoms. The summed E-state index contributed by atoms with van der Waals surface area (Å²) in [7, 11) is 1.23. The molecule has 1 aromatic heterocycles. The number of methoxy groups -OCH3 is 1. The number of benzene rings is 2. The van der Waals surface area contributed by atoms with Gasteiger partial charge in [-0.3, -0.25) is 9.29 Å². The second-order valence-electron chi connectivity index (χ2n) is 8.73. The van der Waals surface area contributed by atoms with Crippen LogP contribution in [0.2, 0.25) is 0 Å². The molecule has 7 heteroatoms. The van der Waals surface area contributed by atoms with E-state index in [4.69, 9.17) is 0 Å². The molecule has 3 aromatic rings. The number of alkyl halides is 1. The molecule has 174 valence electrons. The van der Waals surface area contributed by atoms with Gasteiger partial charge in [-0.2, -0.15) is 0 Å². The number of aromatic nitrogens is 1. The molecule has 4 nitrogen and oxygen atoms in total. The Bertz CT molecular complexity index is 1180. The van der Waals surface area contributed by atoms with E-state index in [1.165, 1.54) is 25.3 Å². The summed E-state index contributed by atoms with van der Waals surface area (Å²) in [5.74, 6) is -2.34. The third-order valence-corrected chi connectivity index (χ3v) is 6.29. The Hall–Kier alpha value is -3.06. The minimum Gasteiger partial charge on any atom is -0.466 e. The molecule has 3 atom stereocenters. The SMILES string of the molecule is COC(=O)C=Cc1cc(F)c(C2c3[nH]c4ccccc4c3CC(C)N2CC(C)CF)c(F)c1. The molecule has 3 unspecified atom stereocenters. The molecule has 0 bridgehead atoms. The van der Waals surface area contributed by atoms with Crippen LogP contribution in [0.4, 0.5) is 13.2 Å². The predicted molar refractivity (Wildman–Crippen MR) is 123 cm³/mol. The van der Waals surface area contributed by atoms with Gasteiger partial charge >= 0.3 is 5.97 Å². The number of nitrogens with one attached hydrogen (secondary N) is 1. The fourth-order valence-electron chi connectivity index (χ4n) is 4.71. The van der Waals surface area contributed by atoms with Gasteiger partial charge in [0.05, 0.1) is 19.8 Å². The van der Waals surface area contributed by atoms with E-state index in [1.54, 1.807) is 6.92 Å². The summed E-state index contributed by atoms with van der Waals surface area (Å²) in [4.78, 5) is 16.7. The van der Waals surface area contributed by atoms with Gasteiger partial charge in [0.15, 0.2) is 0 Å². The summed E-state index contributed by atoms with van der Waals surface area (Å²) in [6.07, 6.45) is 3.11. The lowest BCUT2D eigenvalue weighted by Gasteiger charge is -2.42. The molecular formula is C26H27F3N2O2. The van der Waals surface area contributed by atoms with E-state index in [-0.39, 0.29) is 23.1 Å². The summed E-state index contributed by atoms with van der Waals surface area (Å²) < 4.78 is 48.9. The van der Waals surface area contributed by atoms with Crippen molar-refractivity contribution < 1.29 is 22.7 Å². The lowest BCUT2D eigenvalue weighted by molar-refractivity contribution is -0.134. The van der Waals surface area contributed by atoms with Crippen LogP contribution in [-0.2, 0) is 16.0 Å². The first-order valence-corrected chi connectivity index (χ1v) is 11.0. The van der Waals surface area contributed by atoms with Crippen LogP contribution in [0.25, 0.3) is 17.0 Å². The second-order valence-corrected chi connectivity index (χ2v) is 8.73. The van der Waals surface area contributed by atoms with E-state index in [0.717, 1.165) is 28.2 Å². The molecule has 0 aliphatic carbocycles. The topological polar surface area (TPSA) is 45.3 Å². The smallest absolute Gasteiger partial charge is 0.330 e. The van der Waals surface area contributed by atoms with Crippen LogP contribution >= 0.6 is 0 Å².